The van der Waals surface area contributed by atoms with Crippen molar-refractivity contribution in [1.29, 1.82) is 0 Å². The molecule has 0 aromatic heterocycles. The molecule has 1 aromatic carbocycles. The molecule has 0 amide bonds. The molecule has 0 atom stereocenters. The van der Waals surface area contributed by atoms with E-state index >= 15 is 0 Å². The highest BCUT2D eigenvalue weighted by Gasteiger charge is 2.08. The van der Waals surface area contributed by atoms with Crippen LogP contribution in [0, 0.1) is 0 Å². The van der Waals surface area contributed by atoms with Crippen molar-refractivity contribution in [2.24, 2.45) is 0 Å². The quantitative estimate of drug-likeness (QED) is 0.316. The second-order valence-electron chi connectivity index (χ2n) is 5.21. The summed E-state index contributed by atoms with van der Waals surface area (Å²) in [4.78, 5) is 23.3. The zero-order valence-corrected chi connectivity index (χ0v) is 14.2. The normalized spacial score (nSPS) is 12.4. The van der Waals surface area contributed by atoms with Gasteiger partial charge in [-0.25, -0.2) is 9.59 Å². The topological polar surface area (TPSA) is 63.6 Å². The number of esters is 1. The first-order chi connectivity index (χ1) is 11.6. The van der Waals surface area contributed by atoms with Gasteiger partial charge >= 0.3 is 11.9 Å². The van der Waals surface area contributed by atoms with Crippen molar-refractivity contribution < 1.29 is 19.4 Å². The molecule has 0 bridgehead atoms. The van der Waals surface area contributed by atoms with Gasteiger partial charge in [-0.3, -0.25) is 0 Å². The van der Waals surface area contributed by atoms with Crippen molar-refractivity contribution in [2.45, 2.75) is 33.1 Å². The van der Waals surface area contributed by atoms with Crippen LogP contribution < -0.4 is 0 Å². The molecule has 1 aromatic rings. The van der Waals surface area contributed by atoms with E-state index in [2.05, 4.69) is 0 Å². The largest absolute Gasteiger partial charge is 0.478 e. The first-order valence-electron chi connectivity index (χ1n) is 8.12. The molecule has 0 heterocycles. The summed E-state index contributed by atoms with van der Waals surface area (Å²) in [6, 6.07) is 9.56. The summed E-state index contributed by atoms with van der Waals surface area (Å²) in [5, 5.41) is 9.07. The van der Waals surface area contributed by atoms with Crippen molar-refractivity contribution >= 4 is 18.0 Å². The molecule has 24 heavy (non-hydrogen) atoms. The van der Waals surface area contributed by atoms with Crippen LogP contribution in [0.3, 0.4) is 0 Å². The Bertz CT molecular complexity index is 624. The predicted molar refractivity (Wildman–Crippen MR) is 95.4 cm³/mol. The lowest BCUT2D eigenvalue weighted by atomic mass is 10.1. The van der Waals surface area contributed by atoms with Crippen molar-refractivity contribution in [3.05, 3.63) is 65.3 Å². The van der Waals surface area contributed by atoms with Crippen LogP contribution in [0.5, 0.6) is 0 Å². The van der Waals surface area contributed by atoms with E-state index in [-0.39, 0.29) is 5.57 Å². The van der Waals surface area contributed by atoms with E-state index in [0.717, 1.165) is 18.4 Å². The molecule has 0 aliphatic heterocycles. The number of carbonyl (C=O) groups excluding carboxylic acids is 1. The van der Waals surface area contributed by atoms with Crippen LogP contribution in [0.1, 0.15) is 38.7 Å². The molecular formula is C20H24O4. The molecule has 1 rings (SSSR count). The van der Waals surface area contributed by atoms with E-state index in [4.69, 9.17) is 9.84 Å². The Morgan fingerprint density at radius 1 is 1.12 bits per heavy atom. The highest BCUT2D eigenvalue weighted by Crippen LogP contribution is 2.10. The number of carboxylic acids is 1. The molecule has 0 aliphatic rings. The molecule has 0 saturated carbocycles. The van der Waals surface area contributed by atoms with E-state index in [1.54, 1.807) is 19.1 Å². The summed E-state index contributed by atoms with van der Waals surface area (Å²) in [5.74, 6) is -1.44. The van der Waals surface area contributed by atoms with Crippen molar-refractivity contribution in [3.63, 3.8) is 0 Å². The number of carbonyl (C=O) groups is 2. The third-order valence-electron chi connectivity index (χ3n) is 3.34. The van der Waals surface area contributed by atoms with E-state index in [1.165, 1.54) is 12.2 Å². The number of aliphatic carboxylic acids is 1. The molecular weight excluding hydrogens is 304 g/mol. The summed E-state index contributed by atoms with van der Waals surface area (Å²) in [6.07, 6.45) is 8.52. The van der Waals surface area contributed by atoms with Gasteiger partial charge in [0.1, 0.15) is 0 Å². The fraction of sp³-hybridized carbons (Fsp3) is 0.300. The number of benzene rings is 1. The molecule has 128 valence electrons. The Balaban J connectivity index is 3.00. The number of unbranched alkanes of at least 4 members (excludes halogenated alkanes) is 1. The summed E-state index contributed by atoms with van der Waals surface area (Å²) in [7, 11) is 0. The monoisotopic (exact) mass is 328 g/mol. The van der Waals surface area contributed by atoms with Gasteiger partial charge in [0.2, 0.25) is 0 Å². The number of hydrogen-bond donors (Lipinski definition) is 1. The first kappa shape index (κ1) is 19.4. The van der Waals surface area contributed by atoms with Crippen molar-refractivity contribution in [3.8, 4) is 0 Å². The lowest BCUT2D eigenvalue weighted by molar-refractivity contribution is -0.138. The Morgan fingerprint density at radius 2 is 1.83 bits per heavy atom. The minimum absolute atomic E-state index is 0.238. The van der Waals surface area contributed by atoms with Gasteiger partial charge < -0.3 is 9.84 Å². The van der Waals surface area contributed by atoms with Crippen LogP contribution in [0.15, 0.2) is 59.7 Å². The second kappa shape index (κ2) is 11.0. The number of ether oxygens (including phenoxy) is 1. The molecule has 4 nitrogen and oxygen atoms in total. The van der Waals surface area contributed by atoms with Crippen LogP contribution in [-0.2, 0) is 14.3 Å². The standard InChI is InChI=1S/C20H24O4/c1-3-5-15-24-20(23)18(14-13-17(4-2)19(21)22)12-11-16-9-7-6-8-10-16/h6-14H,3-5,15H2,1-2H3,(H,21,22). The molecule has 0 aliphatic carbocycles. The average molecular weight is 328 g/mol. The lowest BCUT2D eigenvalue weighted by Crippen LogP contribution is -2.08. The summed E-state index contributed by atoms with van der Waals surface area (Å²) < 4.78 is 5.22. The summed E-state index contributed by atoms with van der Waals surface area (Å²) in [5.41, 5.74) is 1.51. The lowest BCUT2D eigenvalue weighted by Gasteiger charge is -2.04. The van der Waals surface area contributed by atoms with Gasteiger partial charge in [-0.05, 0) is 30.6 Å². The highest BCUT2D eigenvalue weighted by atomic mass is 16.5. The number of rotatable bonds is 9. The molecule has 4 heteroatoms. The zero-order valence-electron chi connectivity index (χ0n) is 14.2. The second-order valence-corrected chi connectivity index (χ2v) is 5.21. The predicted octanol–water partition coefficient (Wildman–Crippen LogP) is 4.39. The van der Waals surface area contributed by atoms with Crippen molar-refractivity contribution in [2.75, 3.05) is 6.61 Å². The molecule has 1 N–H and O–H groups in total. The number of hydrogen-bond acceptors (Lipinski definition) is 3. The fourth-order valence-electron chi connectivity index (χ4n) is 1.87. The van der Waals surface area contributed by atoms with Gasteiger partial charge in [0.15, 0.2) is 0 Å². The Kier molecular flexibility index (Phi) is 8.90. The minimum atomic E-state index is -0.987. The van der Waals surface area contributed by atoms with E-state index < -0.39 is 11.9 Å². The van der Waals surface area contributed by atoms with Crippen molar-refractivity contribution in [1.82, 2.24) is 0 Å². The maximum Gasteiger partial charge on any atom is 0.338 e. The Labute approximate surface area is 143 Å². The molecule has 0 saturated heterocycles. The van der Waals surface area contributed by atoms with Crippen LogP contribution in [0.4, 0.5) is 0 Å². The Hall–Kier alpha value is -2.62. The van der Waals surface area contributed by atoms with Crippen LogP contribution >= 0.6 is 0 Å². The van der Waals surface area contributed by atoms with E-state index in [0.29, 0.717) is 18.6 Å². The van der Waals surface area contributed by atoms with E-state index in [9.17, 15) is 9.59 Å². The zero-order chi connectivity index (χ0) is 17.8. The van der Waals surface area contributed by atoms with E-state index in [1.807, 2.05) is 37.3 Å². The SMILES string of the molecule is CCCCOC(=O)C(C=Cc1ccccc1)=CC=C(CC)C(=O)O. The van der Waals surface area contributed by atoms with Gasteiger partial charge in [0.05, 0.1) is 12.2 Å². The first-order valence-corrected chi connectivity index (χ1v) is 8.12. The Morgan fingerprint density at radius 3 is 2.42 bits per heavy atom. The van der Waals surface area contributed by atoms with Crippen LogP contribution in [-0.4, -0.2) is 23.7 Å². The summed E-state index contributed by atoms with van der Waals surface area (Å²) >= 11 is 0. The van der Waals surface area contributed by atoms with Gasteiger partial charge in [0, 0.05) is 5.57 Å². The third kappa shape index (κ3) is 7.09. The van der Waals surface area contributed by atoms with Gasteiger partial charge in [0.25, 0.3) is 0 Å². The maximum absolute atomic E-state index is 12.2. The number of allylic oxidation sites excluding steroid dienone is 2. The van der Waals surface area contributed by atoms with Gasteiger partial charge in [-0.15, -0.1) is 0 Å². The smallest absolute Gasteiger partial charge is 0.338 e. The fourth-order valence-corrected chi connectivity index (χ4v) is 1.87. The molecule has 0 spiro atoms. The van der Waals surface area contributed by atoms with Crippen LogP contribution in [0.2, 0.25) is 0 Å². The molecule has 0 radical (unpaired) electrons. The average Bonchev–Trinajstić information content (AvgIpc) is 2.58. The maximum atomic E-state index is 12.2. The van der Waals surface area contributed by atoms with Crippen LogP contribution in [0.25, 0.3) is 6.08 Å². The molecule has 0 fully saturated rings. The highest BCUT2D eigenvalue weighted by molar-refractivity contribution is 5.94. The number of carboxylic acid groups (broad SMARTS) is 1. The molecule has 0 unspecified atom stereocenters. The van der Waals surface area contributed by atoms with Gasteiger partial charge in [-0.2, -0.15) is 0 Å². The third-order valence-corrected chi connectivity index (χ3v) is 3.34. The summed E-state index contributed by atoms with van der Waals surface area (Å²) in [6.45, 7) is 4.13. The minimum Gasteiger partial charge on any atom is -0.478 e. The van der Waals surface area contributed by atoms with Gasteiger partial charge in [-0.1, -0.05) is 62.8 Å².